The summed E-state index contributed by atoms with van der Waals surface area (Å²) in [6.45, 7) is 12.4. The largest absolute Gasteiger partial charge is 0.483 e. The van der Waals surface area contributed by atoms with Crippen LogP contribution in [0.4, 0.5) is 0 Å². The molecule has 0 radical (unpaired) electrons. The molecule has 0 spiro atoms. The van der Waals surface area contributed by atoms with Crippen LogP contribution in [0.1, 0.15) is 56.9 Å². The van der Waals surface area contributed by atoms with Gasteiger partial charge in [-0.2, -0.15) is 0 Å². The monoisotopic (exact) mass is 500 g/mol. The van der Waals surface area contributed by atoms with Gasteiger partial charge in [0.15, 0.2) is 6.61 Å². The molecule has 5 heteroatoms. The van der Waals surface area contributed by atoms with E-state index in [4.69, 9.17) is 4.74 Å². The number of rotatable bonds is 10. The number of amides is 2. The average molecular weight is 501 g/mol. The Morgan fingerprint density at radius 3 is 2.16 bits per heavy atom. The summed E-state index contributed by atoms with van der Waals surface area (Å²) < 4.78 is 6.11. The number of hydrogen-bond donors (Lipinski definition) is 1. The van der Waals surface area contributed by atoms with Crippen LogP contribution in [0.15, 0.2) is 78.9 Å². The maximum absolute atomic E-state index is 13.8. The molecular weight excluding hydrogens is 460 g/mol. The van der Waals surface area contributed by atoms with Crippen molar-refractivity contribution in [2.24, 2.45) is 0 Å². The van der Waals surface area contributed by atoms with Gasteiger partial charge in [0.2, 0.25) is 5.91 Å². The maximum Gasteiger partial charge on any atom is 0.261 e. The molecule has 3 rings (SSSR count). The molecule has 0 fully saturated rings. The Morgan fingerprint density at radius 2 is 1.51 bits per heavy atom. The average Bonchev–Trinajstić information content (AvgIpc) is 2.85. The van der Waals surface area contributed by atoms with Gasteiger partial charge in [-0.25, -0.2) is 0 Å². The molecule has 1 unspecified atom stereocenters. The molecular formula is C32H40N2O3. The molecule has 2 amide bonds. The van der Waals surface area contributed by atoms with Gasteiger partial charge in [0.25, 0.3) is 5.91 Å². The van der Waals surface area contributed by atoms with Crippen LogP contribution in [0.3, 0.4) is 0 Å². The number of aryl methyl sites for hydroxylation is 1. The number of benzene rings is 3. The second-order valence-corrected chi connectivity index (χ2v) is 10.9. The molecule has 0 saturated carbocycles. The Hall–Kier alpha value is -3.60. The summed E-state index contributed by atoms with van der Waals surface area (Å²) >= 11 is 0. The van der Waals surface area contributed by atoms with Crippen molar-refractivity contribution in [3.63, 3.8) is 0 Å². The van der Waals surface area contributed by atoms with Crippen LogP contribution in [0.2, 0.25) is 0 Å². The third-order valence-electron chi connectivity index (χ3n) is 6.35. The fourth-order valence-corrected chi connectivity index (χ4v) is 4.34. The van der Waals surface area contributed by atoms with E-state index in [2.05, 4.69) is 26.1 Å². The molecule has 37 heavy (non-hydrogen) atoms. The number of ether oxygens (including phenoxy) is 1. The van der Waals surface area contributed by atoms with Crippen molar-refractivity contribution >= 4 is 11.8 Å². The molecule has 0 aliphatic heterocycles. The Kier molecular flexibility index (Phi) is 9.51. The lowest BCUT2D eigenvalue weighted by Crippen LogP contribution is -2.53. The number of carbonyl (C=O) groups is 2. The minimum Gasteiger partial charge on any atom is -0.483 e. The highest BCUT2D eigenvalue weighted by Crippen LogP contribution is 2.31. The van der Waals surface area contributed by atoms with Gasteiger partial charge in [-0.3, -0.25) is 9.59 Å². The van der Waals surface area contributed by atoms with Crippen LogP contribution in [0, 0.1) is 6.92 Å². The van der Waals surface area contributed by atoms with Gasteiger partial charge in [0.1, 0.15) is 11.8 Å². The third kappa shape index (κ3) is 7.94. The first-order valence-electron chi connectivity index (χ1n) is 13.0. The van der Waals surface area contributed by atoms with Gasteiger partial charge < -0.3 is 15.0 Å². The van der Waals surface area contributed by atoms with E-state index in [1.165, 1.54) is 0 Å². The minimum absolute atomic E-state index is 0.0453. The summed E-state index contributed by atoms with van der Waals surface area (Å²) in [5, 5.41) is 3.03. The van der Waals surface area contributed by atoms with Crippen LogP contribution in [-0.2, 0) is 28.0 Å². The quantitative estimate of drug-likeness (QED) is 0.381. The summed E-state index contributed by atoms with van der Waals surface area (Å²) in [6.07, 6.45) is 0.412. The zero-order valence-corrected chi connectivity index (χ0v) is 23.0. The van der Waals surface area contributed by atoms with E-state index in [-0.39, 0.29) is 29.9 Å². The Labute approximate surface area is 221 Å². The molecule has 0 bridgehead atoms. The predicted octanol–water partition coefficient (Wildman–Crippen LogP) is 5.84. The van der Waals surface area contributed by atoms with Crippen LogP contribution >= 0.6 is 0 Å². The van der Waals surface area contributed by atoms with Crippen molar-refractivity contribution in [1.29, 1.82) is 0 Å². The summed E-state index contributed by atoms with van der Waals surface area (Å²) in [5.41, 5.74) is 3.97. The zero-order valence-electron chi connectivity index (χ0n) is 23.0. The maximum atomic E-state index is 13.8. The molecule has 0 aliphatic rings. The van der Waals surface area contributed by atoms with Gasteiger partial charge in [-0.15, -0.1) is 0 Å². The lowest BCUT2D eigenvalue weighted by Gasteiger charge is -2.32. The van der Waals surface area contributed by atoms with E-state index in [0.29, 0.717) is 18.7 Å². The Bertz CT molecular complexity index is 1180. The van der Waals surface area contributed by atoms with Crippen molar-refractivity contribution in [2.75, 3.05) is 6.61 Å². The van der Waals surface area contributed by atoms with Crippen LogP contribution in [0.5, 0.6) is 5.75 Å². The smallest absolute Gasteiger partial charge is 0.261 e. The van der Waals surface area contributed by atoms with Gasteiger partial charge >= 0.3 is 0 Å². The van der Waals surface area contributed by atoms with Gasteiger partial charge in [-0.1, -0.05) is 93.6 Å². The lowest BCUT2D eigenvalue weighted by molar-refractivity contribution is -0.143. The van der Waals surface area contributed by atoms with Gasteiger partial charge in [0.05, 0.1) is 0 Å². The zero-order chi connectivity index (χ0) is 27.0. The first-order chi connectivity index (χ1) is 17.6. The lowest BCUT2D eigenvalue weighted by atomic mass is 9.86. The second kappa shape index (κ2) is 12.6. The van der Waals surface area contributed by atoms with Crippen molar-refractivity contribution in [2.45, 2.75) is 72.0 Å². The standard InChI is InChI=1S/C32H40N2O3/c1-23(2)33-31(36)28(20-25-15-8-7-9-16-25)34(21-26-17-11-10-14-24(26)3)30(35)22-37-29-19-13-12-18-27(29)32(4,5)6/h7-19,23,28H,20-22H2,1-6H3,(H,33,36). The molecule has 1 N–H and O–H groups in total. The highest BCUT2D eigenvalue weighted by Gasteiger charge is 2.31. The molecule has 3 aromatic rings. The summed E-state index contributed by atoms with van der Waals surface area (Å²) in [7, 11) is 0. The van der Waals surface area contributed by atoms with E-state index in [9.17, 15) is 9.59 Å². The third-order valence-corrected chi connectivity index (χ3v) is 6.35. The minimum atomic E-state index is -0.682. The normalized spacial score (nSPS) is 12.2. The molecule has 0 aromatic heterocycles. The van der Waals surface area contributed by atoms with E-state index >= 15 is 0 Å². The van der Waals surface area contributed by atoms with E-state index in [0.717, 1.165) is 22.3 Å². The van der Waals surface area contributed by atoms with E-state index in [1.807, 2.05) is 99.6 Å². The van der Waals surface area contributed by atoms with Crippen LogP contribution in [0.25, 0.3) is 0 Å². The van der Waals surface area contributed by atoms with E-state index < -0.39 is 6.04 Å². The summed E-state index contributed by atoms with van der Waals surface area (Å²) in [6, 6.07) is 24.9. The molecule has 0 saturated heterocycles. The van der Waals surface area contributed by atoms with Crippen molar-refractivity contribution in [1.82, 2.24) is 10.2 Å². The number of para-hydroxylation sites is 1. The van der Waals surface area contributed by atoms with Crippen molar-refractivity contribution in [3.8, 4) is 5.75 Å². The number of hydrogen-bond acceptors (Lipinski definition) is 3. The predicted molar refractivity (Wildman–Crippen MR) is 150 cm³/mol. The molecule has 3 aromatic carbocycles. The second-order valence-electron chi connectivity index (χ2n) is 10.9. The number of carbonyl (C=O) groups excluding carboxylic acids is 2. The molecule has 5 nitrogen and oxygen atoms in total. The Morgan fingerprint density at radius 1 is 0.892 bits per heavy atom. The van der Waals surface area contributed by atoms with Crippen molar-refractivity contribution < 1.29 is 14.3 Å². The fourth-order valence-electron chi connectivity index (χ4n) is 4.34. The highest BCUT2D eigenvalue weighted by atomic mass is 16.5. The summed E-state index contributed by atoms with van der Waals surface area (Å²) in [5.74, 6) is 0.285. The van der Waals surface area contributed by atoms with Gasteiger partial charge in [-0.05, 0) is 54.5 Å². The Balaban J connectivity index is 1.95. The fraction of sp³-hybridized carbons (Fsp3) is 0.375. The number of nitrogens with one attached hydrogen (secondary N) is 1. The first-order valence-corrected chi connectivity index (χ1v) is 13.0. The first kappa shape index (κ1) is 28.0. The molecule has 0 aliphatic carbocycles. The molecule has 1 atom stereocenters. The van der Waals surface area contributed by atoms with E-state index in [1.54, 1.807) is 4.90 Å². The highest BCUT2D eigenvalue weighted by molar-refractivity contribution is 5.88. The molecule has 196 valence electrons. The summed E-state index contributed by atoms with van der Waals surface area (Å²) in [4.78, 5) is 29.0. The topological polar surface area (TPSA) is 58.6 Å². The SMILES string of the molecule is Cc1ccccc1CN(C(=O)COc1ccccc1C(C)(C)C)C(Cc1ccccc1)C(=O)NC(C)C. The number of nitrogens with zero attached hydrogens (tertiary/aromatic N) is 1. The molecule has 0 heterocycles. The van der Waals surface area contributed by atoms with Crippen LogP contribution in [-0.4, -0.2) is 35.4 Å². The van der Waals surface area contributed by atoms with Gasteiger partial charge in [0, 0.05) is 19.0 Å². The van der Waals surface area contributed by atoms with Crippen LogP contribution < -0.4 is 10.1 Å². The van der Waals surface area contributed by atoms with Crippen molar-refractivity contribution in [3.05, 3.63) is 101 Å².